The molecule has 2 aromatic rings. The van der Waals surface area contributed by atoms with Crippen LogP contribution in [0.15, 0.2) is 36.5 Å². The van der Waals surface area contributed by atoms with Crippen molar-refractivity contribution in [2.75, 3.05) is 31.1 Å². The Kier molecular flexibility index (Phi) is 6.21. The van der Waals surface area contributed by atoms with Crippen LogP contribution in [-0.2, 0) is 6.18 Å². The van der Waals surface area contributed by atoms with E-state index in [-0.39, 0.29) is 17.1 Å². The van der Waals surface area contributed by atoms with Gasteiger partial charge in [0.25, 0.3) is 0 Å². The van der Waals surface area contributed by atoms with Gasteiger partial charge >= 0.3 is 12.2 Å². The van der Waals surface area contributed by atoms with Crippen molar-refractivity contribution in [3.05, 3.63) is 57.7 Å². The summed E-state index contributed by atoms with van der Waals surface area (Å²) < 4.78 is 38.5. The molecule has 5 nitrogen and oxygen atoms in total. The molecule has 10 heteroatoms. The lowest BCUT2D eigenvalue weighted by molar-refractivity contribution is -0.137. The van der Waals surface area contributed by atoms with E-state index in [1.807, 2.05) is 24.3 Å². The molecule has 0 spiro atoms. The number of halogens is 5. The number of alkyl halides is 3. The lowest BCUT2D eigenvalue weighted by Crippen LogP contribution is -2.52. The van der Waals surface area contributed by atoms with E-state index in [1.165, 1.54) is 0 Å². The molecule has 31 heavy (non-hydrogen) atoms. The smallest absolute Gasteiger partial charge is 0.352 e. The minimum absolute atomic E-state index is 0.0516. The molecule has 1 saturated carbocycles. The molecule has 2 aliphatic rings. The zero-order valence-electron chi connectivity index (χ0n) is 16.5. The number of aromatic nitrogens is 1. The molecular weight excluding hydrogens is 452 g/mol. The van der Waals surface area contributed by atoms with Crippen LogP contribution in [0.2, 0.25) is 10.0 Å². The van der Waals surface area contributed by atoms with Gasteiger partial charge in [-0.05, 0) is 42.5 Å². The summed E-state index contributed by atoms with van der Waals surface area (Å²) in [7, 11) is 0. The topological polar surface area (TPSA) is 48.5 Å². The van der Waals surface area contributed by atoms with Gasteiger partial charge in [-0.3, -0.25) is 0 Å². The normalized spacial score (nSPS) is 18.1. The monoisotopic (exact) mass is 472 g/mol. The van der Waals surface area contributed by atoms with Gasteiger partial charge in [-0.2, -0.15) is 13.2 Å². The molecule has 0 bridgehead atoms. The van der Waals surface area contributed by atoms with Gasteiger partial charge in [0.2, 0.25) is 0 Å². The Morgan fingerprint density at radius 1 is 1.10 bits per heavy atom. The molecule has 1 N–H and O–H groups in total. The minimum Gasteiger partial charge on any atom is -0.352 e. The van der Waals surface area contributed by atoms with Crippen LogP contribution in [0.4, 0.5) is 23.8 Å². The summed E-state index contributed by atoms with van der Waals surface area (Å²) in [6.07, 6.45) is -1.57. The number of carbonyl (C=O) groups excluding carboxylic acids is 1. The highest BCUT2D eigenvalue weighted by Crippen LogP contribution is 2.41. The van der Waals surface area contributed by atoms with Gasteiger partial charge in [-0.15, -0.1) is 0 Å². The van der Waals surface area contributed by atoms with Crippen molar-refractivity contribution in [1.82, 2.24) is 15.2 Å². The number of benzene rings is 1. The number of piperazine rings is 1. The maximum Gasteiger partial charge on any atom is 0.417 e. The Labute approximate surface area is 188 Å². The van der Waals surface area contributed by atoms with Crippen molar-refractivity contribution in [2.24, 2.45) is 5.92 Å². The summed E-state index contributed by atoms with van der Waals surface area (Å²) >= 11 is 12.0. The van der Waals surface area contributed by atoms with Crippen LogP contribution in [-0.4, -0.2) is 42.1 Å². The molecule has 1 saturated heterocycles. The van der Waals surface area contributed by atoms with Gasteiger partial charge in [0.05, 0.1) is 16.6 Å². The van der Waals surface area contributed by atoms with Crippen LogP contribution >= 0.6 is 23.2 Å². The third-order valence-corrected chi connectivity index (χ3v) is 6.15. The van der Waals surface area contributed by atoms with Gasteiger partial charge in [0, 0.05) is 37.4 Å². The molecular formula is C21H21Cl2F3N4O. The van der Waals surface area contributed by atoms with Gasteiger partial charge in [0.1, 0.15) is 5.82 Å². The number of rotatable bonds is 4. The van der Waals surface area contributed by atoms with E-state index in [2.05, 4.69) is 10.3 Å². The van der Waals surface area contributed by atoms with Crippen molar-refractivity contribution < 1.29 is 18.0 Å². The summed E-state index contributed by atoms with van der Waals surface area (Å²) in [6, 6.07) is 8.17. The van der Waals surface area contributed by atoms with E-state index >= 15 is 0 Å². The SMILES string of the molecule is O=C(NC(c1ccc(Cl)cc1)C1CC1)N1CCN(c2ncc(C(F)(F)F)cc2Cl)CC1. The zero-order valence-corrected chi connectivity index (χ0v) is 18.0. The second-order valence-corrected chi connectivity index (χ2v) is 8.66. The molecule has 2 fully saturated rings. The summed E-state index contributed by atoms with van der Waals surface area (Å²) in [5, 5.41) is 3.73. The largest absolute Gasteiger partial charge is 0.417 e. The van der Waals surface area contributed by atoms with E-state index in [0.717, 1.165) is 30.7 Å². The van der Waals surface area contributed by atoms with Crippen molar-refractivity contribution in [3.8, 4) is 0 Å². The number of nitrogens with zero attached hydrogens (tertiary/aromatic N) is 3. The average molecular weight is 473 g/mol. The van der Waals surface area contributed by atoms with E-state index in [9.17, 15) is 18.0 Å². The van der Waals surface area contributed by atoms with Crippen molar-refractivity contribution >= 4 is 35.1 Å². The molecule has 166 valence electrons. The van der Waals surface area contributed by atoms with Gasteiger partial charge < -0.3 is 15.1 Å². The van der Waals surface area contributed by atoms with E-state index < -0.39 is 11.7 Å². The Hall–Kier alpha value is -2.19. The number of pyridine rings is 1. The van der Waals surface area contributed by atoms with Crippen molar-refractivity contribution in [3.63, 3.8) is 0 Å². The number of hydrogen-bond acceptors (Lipinski definition) is 3. The van der Waals surface area contributed by atoms with E-state index in [4.69, 9.17) is 23.2 Å². The maximum absolute atomic E-state index is 12.8. The van der Waals surface area contributed by atoms with E-state index in [0.29, 0.717) is 42.9 Å². The van der Waals surface area contributed by atoms with Crippen molar-refractivity contribution in [2.45, 2.75) is 25.1 Å². The van der Waals surface area contributed by atoms with Crippen LogP contribution < -0.4 is 10.2 Å². The lowest BCUT2D eigenvalue weighted by Gasteiger charge is -2.36. The van der Waals surface area contributed by atoms with Crippen LogP contribution in [0.1, 0.15) is 30.0 Å². The first-order valence-corrected chi connectivity index (χ1v) is 10.8. The predicted octanol–water partition coefficient (Wildman–Crippen LogP) is 5.39. The molecule has 2 amide bonds. The molecule has 4 rings (SSSR count). The molecule has 1 aliphatic heterocycles. The minimum atomic E-state index is -4.49. The molecule has 1 aliphatic carbocycles. The quantitative estimate of drug-likeness (QED) is 0.648. The van der Waals surface area contributed by atoms with Crippen LogP contribution in [0.3, 0.4) is 0 Å². The first kappa shape index (κ1) is 22.0. The summed E-state index contributed by atoms with van der Waals surface area (Å²) in [6.45, 7) is 1.70. The number of nitrogens with one attached hydrogen (secondary N) is 1. The molecule has 1 aromatic carbocycles. The Morgan fingerprint density at radius 2 is 1.74 bits per heavy atom. The summed E-state index contributed by atoms with van der Waals surface area (Å²) in [4.78, 5) is 20.3. The first-order valence-electron chi connectivity index (χ1n) is 10.0. The maximum atomic E-state index is 12.8. The highest BCUT2D eigenvalue weighted by Gasteiger charge is 2.35. The number of hydrogen-bond donors (Lipinski definition) is 1. The number of anilines is 1. The molecule has 1 unspecified atom stereocenters. The second kappa shape index (κ2) is 8.74. The Bertz CT molecular complexity index is 943. The molecule has 1 aromatic heterocycles. The highest BCUT2D eigenvalue weighted by molar-refractivity contribution is 6.33. The van der Waals surface area contributed by atoms with Gasteiger partial charge in [-0.25, -0.2) is 9.78 Å². The van der Waals surface area contributed by atoms with Crippen LogP contribution in [0, 0.1) is 5.92 Å². The van der Waals surface area contributed by atoms with Gasteiger partial charge in [0.15, 0.2) is 0 Å². The first-order chi connectivity index (χ1) is 14.7. The zero-order chi connectivity index (χ0) is 22.2. The highest BCUT2D eigenvalue weighted by atomic mass is 35.5. The average Bonchev–Trinajstić information content (AvgIpc) is 3.57. The fraction of sp³-hybridized carbons (Fsp3) is 0.429. The second-order valence-electron chi connectivity index (χ2n) is 7.82. The number of amides is 2. The third-order valence-electron chi connectivity index (χ3n) is 5.62. The number of urea groups is 1. The van der Waals surface area contributed by atoms with Crippen LogP contribution in [0.25, 0.3) is 0 Å². The Balaban J connectivity index is 1.37. The summed E-state index contributed by atoms with van der Waals surface area (Å²) in [5.74, 6) is 0.716. The van der Waals surface area contributed by atoms with Crippen LogP contribution in [0.5, 0.6) is 0 Å². The number of carbonyl (C=O) groups is 1. The van der Waals surface area contributed by atoms with E-state index in [1.54, 1.807) is 9.80 Å². The molecule has 0 radical (unpaired) electrons. The lowest BCUT2D eigenvalue weighted by atomic mass is 10.0. The third kappa shape index (κ3) is 5.18. The van der Waals surface area contributed by atoms with Gasteiger partial charge in [-0.1, -0.05) is 35.3 Å². The fourth-order valence-electron chi connectivity index (χ4n) is 3.74. The fourth-order valence-corrected chi connectivity index (χ4v) is 4.15. The predicted molar refractivity (Wildman–Crippen MR) is 113 cm³/mol. The Morgan fingerprint density at radius 3 is 2.29 bits per heavy atom. The molecule has 2 heterocycles. The standard InChI is InChI=1S/C21H21Cl2F3N4O/c22-16-5-3-14(4-6-16)18(13-1-2-13)28-20(31)30-9-7-29(8-10-30)19-17(23)11-15(12-27-19)21(24,25)26/h3-6,11-13,18H,1-2,7-10H2,(H,28,31). The molecule has 1 atom stereocenters. The van der Waals surface area contributed by atoms with Crippen molar-refractivity contribution in [1.29, 1.82) is 0 Å². The summed E-state index contributed by atoms with van der Waals surface area (Å²) in [5.41, 5.74) is 0.146.